The number of fused-ring (bicyclic) bond motifs is 1. The molecule has 1 aliphatic carbocycles. The van der Waals surface area contributed by atoms with Gasteiger partial charge in [-0.2, -0.15) is 23.5 Å². The zero-order chi connectivity index (χ0) is 29.5. The van der Waals surface area contributed by atoms with E-state index in [-0.39, 0.29) is 36.3 Å². The van der Waals surface area contributed by atoms with Crippen LogP contribution in [0.5, 0.6) is 0 Å². The maximum absolute atomic E-state index is 14.0. The molecular formula is C28H31F3N6O4. The normalized spacial score (nSPS) is 21.3. The molecule has 0 bridgehead atoms. The van der Waals surface area contributed by atoms with E-state index in [1.165, 1.54) is 22.9 Å². The van der Waals surface area contributed by atoms with Crippen molar-refractivity contribution in [2.75, 3.05) is 38.3 Å². The Morgan fingerprint density at radius 3 is 2.54 bits per heavy atom. The maximum atomic E-state index is 14.0. The summed E-state index contributed by atoms with van der Waals surface area (Å²) in [7, 11) is 1.50. The fourth-order valence-electron chi connectivity index (χ4n) is 5.79. The molecule has 2 aliphatic heterocycles. The molecule has 2 atom stereocenters. The van der Waals surface area contributed by atoms with E-state index in [0.29, 0.717) is 37.4 Å². The van der Waals surface area contributed by atoms with E-state index in [2.05, 4.69) is 5.32 Å². The third-order valence-electron chi connectivity index (χ3n) is 7.98. The summed E-state index contributed by atoms with van der Waals surface area (Å²) in [6.07, 6.45) is -1.87. The molecule has 218 valence electrons. The van der Waals surface area contributed by atoms with Gasteiger partial charge in [0.2, 0.25) is 0 Å². The van der Waals surface area contributed by atoms with Crippen LogP contribution >= 0.6 is 0 Å². The van der Waals surface area contributed by atoms with Gasteiger partial charge in [0.15, 0.2) is 5.69 Å². The Kier molecular flexibility index (Phi) is 7.78. The number of benzene rings is 1. The van der Waals surface area contributed by atoms with E-state index in [1.807, 2.05) is 6.07 Å². The smallest absolute Gasteiger partial charge is 0.381 e. The first kappa shape index (κ1) is 28.6. The minimum absolute atomic E-state index is 0.0383. The number of ether oxygens (including phenoxy) is 1. The van der Waals surface area contributed by atoms with Crippen molar-refractivity contribution < 1.29 is 32.3 Å². The standard InChI is InChI=1S/C28H31F3N6O4/c1-3-36-25-21(23(26(39)35(2)12-11-32)34-37(25)19-9-13-41-14-10-19)20(16-7-8-16)22(27(36)40)33-24(38)17-5-4-6-18(15-17)28(29,30)31/h4-6,15-16,19-20,22H,3,7-10,12-14H2,1-2H3,(H,33,38)/t20-,22-/m0/s1. The quantitative estimate of drug-likeness (QED) is 0.507. The molecule has 3 heterocycles. The third kappa shape index (κ3) is 5.40. The zero-order valence-electron chi connectivity index (χ0n) is 22.8. The first-order chi connectivity index (χ1) is 19.6. The summed E-state index contributed by atoms with van der Waals surface area (Å²) in [5.41, 5.74) is -0.545. The Labute approximate surface area is 235 Å². The summed E-state index contributed by atoms with van der Waals surface area (Å²) in [6.45, 7) is 2.82. The second kappa shape index (κ2) is 11.2. The van der Waals surface area contributed by atoms with Gasteiger partial charge in [-0.15, -0.1) is 0 Å². The van der Waals surface area contributed by atoms with Gasteiger partial charge in [0.05, 0.1) is 17.7 Å². The van der Waals surface area contributed by atoms with E-state index in [1.54, 1.807) is 11.6 Å². The number of carbonyl (C=O) groups excluding carboxylic acids is 3. The lowest BCUT2D eigenvalue weighted by Gasteiger charge is -2.39. The molecule has 1 aromatic heterocycles. The summed E-state index contributed by atoms with van der Waals surface area (Å²) in [5, 5.41) is 16.7. The molecule has 41 heavy (non-hydrogen) atoms. The minimum atomic E-state index is -4.63. The van der Waals surface area contributed by atoms with Crippen LogP contribution in [0, 0.1) is 17.2 Å². The Hall–Kier alpha value is -3.92. The molecule has 1 saturated heterocycles. The van der Waals surface area contributed by atoms with Crippen LogP contribution in [0.2, 0.25) is 0 Å². The molecule has 2 aromatic rings. The van der Waals surface area contributed by atoms with Crippen molar-refractivity contribution in [1.29, 1.82) is 5.26 Å². The third-order valence-corrected chi connectivity index (χ3v) is 7.98. The van der Waals surface area contributed by atoms with Crippen LogP contribution in [0.4, 0.5) is 19.0 Å². The average molecular weight is 573 g/mol. The van der Waals surface area contributed by atoms with Crippen molar-refractivity contribution in [3.63, 3.8) is 0 Å². The predicted octanol–water partition coefficient (Wildman–Crippen LogP) is 3.51. The van der Waals surface area contributed by atoms with Crippen molar-refractivity contribution in [3.8, 4) is 6.07 Å². The number of hydrogen-bond donors (Lipinski definition) is 1. The molecule has 1 N–H and O–H groups in total. The number of nitrogens with one attached hydrogen (secondary N) is 1. The number of aromatic nitrogens is 2. The van der Waals surface area contributed by atoms with E-state index in [0.717, 1.165) is 31.0 Å². The second-order valence-electron chi connectivity index (χ2n) is 10.7. The topological polar surface area (TPSA) is 121 Å². The number of nitriles is 1. The van der Waals surface area contributed by atoms with Gasteiger partial charge in [0.25, 0.3) is 17.7 Å². The fraction of sp³-hybridized carbons (Fsp3) is 0.536. The Bertz CT molecular complexity index is 1390. The highest BCUT2D eigenvalue weighted by atomic mass is 19.4. The van der Waals surface area contributed by atoms with Crippen LogP contribution in [0.25, 0.3) is 0 Å². The summed E-state index contributed by atoms with van der Waals surface area (Å²) < 4.78 is 47.2. The lowest BCUT2D eigenvalue weighted by molar-refractivity contribution is -0.137. The van der Waals surface area contributed by atoms with Crippen molar-refractivity contribution in [2.45, 2.75) is 56.8 Å². The van der Waals surface area contributed by atoms with E-state index in [9.17, 15) is 32.8 Å². The molecule has 0 radical (unpaired) electrons. The van der Waals surface area contributed by atoms with Crippen LogP contribution in [0.15, 0.2) is 24.3 Å². The highest BCUT2D eigenvalue weighted by Crippen LogP contribution is 2.52. The highest BCUT2D eigenvalue weighted by molar-refractivity contribution is 6.07. The van der Waals surface area contributed by atoms with E-state index in [4.69, 9.17) is 9.84 Å². The highest BCUT2D eigenvalue weighted by Gasteiger charge is 2.52. The number of hydrogen-bond acceptors (Lipinski definition) is 6. The van der Waals surface area contributed by atoms with Crippen LogP contribution in [-0.4, -0.2) is 71.8 Å². The number of alkyl halides is 3. The minimum Gasteiger partial charge on any atom is -0.381 e. The van der Waals surface area contributed by atoms with Crippen LogP contribution in [0.3, 0.4) is 0 Å². The maximum Gasteiger partial charge on any atom is 0.416 e. The van der Waals surface area contributed by atoms with Gasteiger partial charge in [-0.05, 0) is 56.7 Å². The molecule has 13 heteroatoms. The Morgan fingerprint density at radius 2 is 1.93 bits per heavy atom. The number of rotatable bonds is 7. The van der Waals surface area contributed by atoms with Crippen LogP contribution in [-0.2, 0) is 15.7 Å². The van der Waals surface area contributed by atoms with Crippen molar-refractivity contribution in [2.24, 2.45) is 5.92 Å². The molecule has 0 spiro atoms. The van der Waals surface area contributed by atoms with Crippen molar-refractivity contribution in [1.82, 2.24) is 20.0 Å². The summed E-state index contributed by atoms with van der Waals surface area (Å²) in [6, 6.07) is 4.77. The van der Waals surface area contributed by atoms with Gasteiger partial charge in [0, 0.05) is 43.9 Å². The Balaban J connectivity index is 1.61. The number of anilines is 1. The first-order valence-corrected chi connectivity index (χ1v) is 13.7. The molecular weight excluding hydrogens is 541 g/mol. The second-order valence-corrected chi connectivity index (χ2v) is 10.7. The fourth-order valence-corrected chi connectivity index (χ4v) is 5.79. The van der Waals surface area contributed by atoms with Crippen LogP contribution < -0.4 is 10.2 Å². The van der Waals surface area contributed by atoms with Gasteiger partial charge < -0.3 is 15.0 Å². The van der Waals surface area contributed by atoms with Crippen molar-refractivity contribution in [3.05, 3.63) is 46.6 Å². The summed E-state index contributed by atoms with van der Waals surface area (Å²) in [5.74, 6) is -1.85. The zero-order valence-corrected chi connectivity index (χ0v) is 22.8. The molecule has 2 fully saturated rings. The van der Waals surface area contributed by atoms with Gasteiger partial charge in [-0.3, -0.25) is 19.3 Å². The number of halogens is 3. The van der Waals surface area contributed by atoms with Crippen LogP contribution in [0.1, 0.15) is 76.5 Å². The lowest BCUT2D eigenvalue weighted by Crippen LogP contribution is -2.56. The SMILES string of the molecule is CCN1C(=O)[C@@H](NC(=O)c2cccc(C(F)(F)F)c2)[C@@H](C2CC2)c2c(C(=O)N(C)CC#N)nn(C3CCOCC3)c21. The number of likely N-dealkylation sites (N-methyl/N-ethyl adjacent to an activating group) is 1. The predicted molar refractivity (Wildman–Crippen MR) is 140 cm³/mol. The van der Waals surface area contributed by atoms with Gasteiger partial charge in [-0.1, -0.05) is 6.07 Å². The first-order valence-electron chi connectivity index (χ1n) is 13.7. The molecule has 10 nitrogen and oxygen atoms in total. The molecule has 3 amide bonds. The summed E-state index contributed by atoms with van der Waals surface area (Å²) >= 11 is 0. The molecule has 0 unspecified atom stereocenters. The van der Waals surface area contributed by atoms with Gasteiger partial charge in [-0.25, -0.2) is 4.68 Å². The Morgan fingerprint density at radius 1 is 1.22 bits per heavy atom. The average Bonchev–Trinajstić information content (AvgIpc) is 3.73. The molecule has 5 rings (SSSR count). The number of carbonyl (C=O) groups is 3. The molecule has 1 saturated carbocycles. The monoisotopic (exact) mass is 572 g/mol. The van der Waals surface area contributed by atoms with E-state index < -0.39 is 41.4 Å². The van der Waals surface area contributed by atoms with Gasteiger partial charge >= 0.3 is 6.18 Å². The molecule has 3 aliphatic rings. The molecule has 1 aromatic carbocycles. The lowest BCUT2D eigenvalue weighted by atomic mass is 9.82. The summed E-state index contributed by atoms with van der Waals surface area (Å²) in [4.78, 5) is 43.7. The van der Waals surface area contributed by atoms with Crippen molar-refractivity contribution >= 4 is 23.5 Å². The largest absolute Gasteiger partial charge is 0.416 e. The number of nitrogens with zero attached hydrogens (tertiary/aromatic N) is 5. The van der Waals surface area contributed by atoms with Gasteiger partial charge in [0.1, 0.15) is 18.4 Å². The number of amides is 3. The van der Waals surface area contributed by atoms with E-state index >= 15 is 0 Å².